The Morgan fingerprint density at radius 3 is 2.50 bits per heavy atom. The first-order valence-electron chi connectivity index (χ1n) is 6.63. The van der Waals surface area contributed by atoms with Gasteiger partial charge in [-0.3, -0.25) is 4.79 Å². The average Bonchev–Trinajstić information content (AvgIpc) is 2.37. The molecule has 18 heavy (non-hydrogen) atoms. The summed E-state index contributed by atoms with van der Waals surface area (Å²) in [6, 6.07) is 0. The summed E-state index contributed by atoms with van der Waals surface area (Å²) in [5, 5.41) is 19.3. The van der Waals surface area contributed by atoms with Gasteiger partial charge in [0.05, 0.1) is 12.2 Å². The summed E-state index contributed by atoms with van der Waals surface area (Å²) in [4.78, 5) is 10.8. The van der Waals surface area contributed by atoms with Gasteiger partial charge in [0.2, 0.25) is 5.78 Å². The predicted molar refractivity (Wildman–Crippen MR) is 73.0 cm³/mol. The van der Waals surface area contributed by atoms with E-state index in [2.05, 4.69) is 25.3 Å². The van der Waals surface area contributed by atoms with Crippen molar-refractivity contribution in [3.8, 4) is 11.8 Å². The first-order valence-corrected chi connectivity index (χ1v) is 6.63. The quantitative estimate of drug-likeness (QED) is 0.286. The number of ketones is 1. The smallest absolute Gasteiger partial charge is 0.228 e. The van der Waals surface area contributed by atoms with Crippen molar-refractivity contribution in [2.24, 2.45) is 0 Å². The summed E-state index contributed by atoms with van der Waals surface area (Å²) in [6.07, 6.45) is 5.79. The summed E-state index contributed by atoms with van der Waals surface area (Å²) in [5.74, 6) is 4.51. The molecule has 0 aromatic heterocycles. The van der Waals surface area contributed by atoms with E-state index < -0.39 is 12.2 Å². The van der Waals surface area contributed by atoms with Crippen LogP contribution in [0.2, 0.25) is 0 Å². The molecular weight excluding hydrogens is 228 g/mol. The number of carbonyl (C=O) groups excluding carboxylic acids is 1. The second kappa shape index (κ2) is 11.0. The number of carbonyl (C=O) groups is 1. The highest BCUT2D eigenvalue weighted by molar-refractivity contribution is 6.03. The number of allylic oxidation sites excluding steroid dienone is 1. The van der Waals surface area contributed by atoms with Gasteiger partial charge < -0.3 is 10.2 Å². The molecule has 0 aliphatic carbocycles. The lowest BCUT2D eigenvalue weighted by Gasteiger charge is -2.15. The molecule has 0 radical (unpaired) electrons. The third kappa shape index (κ3) is 8.98. The van der Waals surface area contributed by atoms with Crippen LogP contribution in [-0.4, -0.2) is 28.2 Å². The number of aliphatic hydroxyl groups excluding tert-OH is 2. The van der Waals surface area contributed by atoms with E-state index in [1.165, 1.54) is 19.3 Å². The monoisotopic (exact) mass is 252 g/mol. The Morgan fingerprint density at radius 1 is 1.22 bits per heavy atom. The number of rotatable bonds is 9. The largest absolute Gasteiger partial charge is 0.390 e. The fourth-order valence-electron chi connectivity index (χ4n) is 1.58. The summed E-state index contributed by atoms with van der Waals surface area (Å²) in [6.45, 7) is 5.45. The third-order valence-electron chi connectivity index (χ3n) is 2.76. The number of aliphatic hydroxyl groups is 2. The van der Waals surface area contributed by atoms with Crippen LogP contribution in [0.15, 0.2) is 12.7 Å². The van der Waals surface area contributed by atoms with E-state index in [-0.39, 0.29) is 12.2 Å². The molecule has 2 N–H and O–H groups in total. The van der Waals surface area contributed by atoms with E-state index in [9.17, 15) is 15.0 Å². The minimum absolute atomic E-state index is 0.121. The Balaban J connectivity index is 3.74. The molecule has 0 spiro atoms. The summed E-state index contributed by atoms with van der Waals surface area (Å²) in [7, 11) is 0. The Labute approximate surface area is 110 Å². The molecule has 0 aliphatic rings. The third-order valence-corrected chi connectivity index (χ3v) is 2.76. The highest BCUT2D eigenvalue weighted by Crippen LogP contribution is 2.10. The minimum Gasteiger partial charge on any atom is -0.390 e. The van der Waals surface area contributed by atoms with Gasteiger partial charge in [0.25, 0.3) is 0 Å². The highest BCUT2D eigenvalue weighted by atomic mass is 16.3. The van der Waals surface area contributed by atoms with Crippen molar-refractivity contribution in [3.63, 3.8) is 0 Å². The second-order valence-corrected chi connectivity index (χ2v) is 4.41. The SMILES string of the molecule is C=CC(=O)C#CC[C@@H](O)[C@H](O)CCCCCCC. The number of unbranched alkanes of at least 4 members (excludes halogenated alkanes) is 4. The zero-order chi connectivity index (χ0) is 13.8. The summed E-state index contributed by atoms with van der Waals surface area (Å²) >= 11 is 0. The zero-order valence-electron chi connectivity index (χ0n) is 11.2. The normalized spacial score (nSPS) is 13.3. The van der Waals surface area contributed by atoms with Gasteiger partial charge >= 0.3 is 0 Å². The molecule has 0 rings (SSSR count). The van der Waals surface area contributed by atoms with E-state index in [1.54, 1.807) is 0 Å². The van der Waals surface area contributed by atoms with Crippen molar-refractivity contribution < 1.29 is 15.0 Å². The van der Waals surface area contributed by atoms with Crippen LogP contribution in [0.1, 0.15) is 51.9 Å². The van der Waals surface area contributed by atoms with Crippen LogP contribution in [-0.2, 0) is 4.79 Å². The lowest BCUT2D eigenvalue weighted by atomic mass is 10.0. The molecule has 3 nitrogen and oxygen atoms in total. The Morgan fingerprint density at radius 2 is 1.89 bits per heavy atom. The molecule has 2 atom stereocenters. The van der Waals surface area contributed by atoms with Crippen LogP contribution in [0.4, 0.5) is 0 Å². The Hall–Kier alpha value is -1.11. The standard InChI is InChI=1S/C15H24O3/c1-3-5-6-7-8-11-14(17)15(18)12-9-10-13(16)4-2/h4,14-15,17-18H,2-3,5-8,11-12H2,1H3/t14-,15-/m1/s1. The van der Waals surface area contributed by atoms with E-state index in [0.717, 1.165) is 18.9 Å². The maximum Gasteiger partial charge on any atom is 0.228 e. The zero-order valence-corrected chi connectivity index (χ0v) is 11.2. The molecule has 0 saturated heterocycles. The second-order valence-electron chi connectivity index (χ2n) is 4.41. The molecule has 0 aromatic carbocycles. The Bertz CT molecular complexity index is 299. The maximum atomic E-state index is 10.8. The molecule has 0 saturated carbocycles. The molecule has 0 aromatic rings. The molecule has 0 aliphatic heterocycles. The first-order chi connectivity index (χ1) is 8.61. The van der Waals surface area contributed by atoms with Crippen molar-refractivity contribution in [1.29, 1.82) is 0 Å². The average molecular weight is 252 g/mol. The Kier molecular flexibility index (Phi) is 10.3. The van der Waals surface area contributed by atoms with Crippen molar-refractivity contribution in [2.75, 3.05) is 0 Å². The van der Waals surface area contributed by atoms with Crippen molar-refractivity contribution >= 4 is 5.78 Å². The fraction of sp³-hybridized carbons (Fsp3) is 0.667. The maximum absolute atomic E-state index is 10.8. The van der Waals surface area contributed by atoms with Gasteiger partial charge in [0, 0.05) is 6.42 Å². The molecule has 102 valence electrons. The van der Waals surface area contributed by atoms with Gasteiger partial charge in [-0.15, -0.1) is 0 Å². The van der Waals surface area contributed by atoms with Gasteiger partial charge in [0.1, 0.15) is 0 Å². The van der Waals surface area contributed by atoms with E-state index in [0.29, 0.717) is 6.42 Å². The van der Waals surface area contributed by atoms with Gasteiger partial charge in [-0.25, -0.2) is 0 Å². The lowest BCUT2D eigenvalue weighted by Crippen LogP contribution is -2.25. The first kappa shape index (κ1) is 16.9. The molecule has 0 amide bonds. The van der Waals surface area contributed by atoms with Crippen molar-refractivity contribution in [3.05, 3.63) is 12.7 Å². The summed E-state index contributed by atoms with van der Waals surface area (Å²) < 4.78 is 0. The molecule has 0 heterocycles. The fourth-order valence-corrected chi connectivity index (χ4v) is 1.58. The van der Waals surface area contributed by atoms with Crippen molar-refractivity contribution in [1.82, 2.24) is 0 Å². The minimum atomic E-state index is -0.874. The van der Waals surface area contributed by atoms with Gasteiger partial charge in [-0.2, -0.15) is 0 Å². The molecule has 0 unspecified atom stereocenters. The van der Waals surface area contributed by atoms with E-state index >= 15 is 0 Å². The molecule has 0 fully saturated rings. The van der Waals surface area contributed by atoms with Crippen LogP contribution >= 0.6 is 0 Å². The van der Waals surface area contributed by atoms with E-state index in [4.69, 9.17) is 0 Å². The van der Waals surface area contributed by atoms with Gasteiger partial charge in [-0.1, -0.05) is 51.5 Å². The van der Waals surface area contributed by atoms with Crippen molar-refractivity contribution in [2.45, 2.75) is 64.1 Å². The number of hydrogen-bond donors (Lipinski definition) is 2. The van der Waals surface area contributed by atoms with Crippen LogP contribution in [0.25, 0.3) is 0 Å². The number of hydrogen-bond acceptors (Lipinski definition) is 3. The molecular formula is C15H24O3. The lowest BCUT2D eigenvalue weighted by molar-refractivity contribution is -0.109. The van der Waals surface area contributed by atoms with Crippen LogP contribution in [0.5, 0.6) is 0 Å². The molecule has 0 bridgehead atoms. The summed E-state index contributed by atoms with van der Waals surface area (Å²) in [5.41, 5.74) is 0. The van der Waals surface area contributed by atoms with Crippen LogP contribution in [0.3, 0.4) is 0 Å². The van der Waals surface area contributed by atoms with Crippen LogP contribution in [0, 0.1) is 11.8 Å². The molecule has 3 heteroatoms. The van der Waals surface area contributed by atoms with Gasteiger partial charge in [0.15, 0.2) is 0 Å². The highest BCUT2D eigenvalue weighted by Gasteiger charge is 2.14. The van der Waals surface area contributed by atoms with Gasteiger partial charge in [-0.05, 0) is 18.4 Å². The van der Waals surface area contributed by atoms with E-state index in [1.807, 2.05) is 0 Å². The predicted octanol–water partition coefficient (Wildman–Crippen LogP) is 2.22. The topological polar surface area (TPSA) is 57.5 Å². The van der Waals surface area contributed by atoms with Crippen LogP contribution < -0.4 is 0 Å².